The number of allylic oxidation sites excluding steroid dienone is 1. The number of benzene rings is 2. The van der Waals surface area contributed by atoms with Crippen molar-refractivity contribution in [2.45, 2.75) is 6.04 Å². The van der Waals surface area contributed by atoms with Crippen LogP contribution in [-0.2, 0) is 0 Å². The van der Waals surface area contributed by atoms with E-state index in [1.54, 1.807) is 7.11 Å². The lowest BCUT2D eigenvalue weighted by molar-refractivity contribution is 0.415. The summed E-state index contributed by atoms with van der Waals surface area (Å²) in [6, 6.07) is 15.5. The van der Waals surface area contributed by atoms with Crippen molar-refractivity contribution in [1.82, 2.24) is 14.8 Å². The molecule has 5 nitrogen and oxygen atoms in total. The summed E-state index contributed by atoms with van der Waals surface area (Å²) in [6.07, 6.45) is 3.64. The number of nitrogens with zero attached hydrogens (tertiary/aromatic N) is 3. The number of fused-ring (bicyclic) bond motifs is 1. The van der Waals surface area contributed by atoms with Crippen molar-refractivity contribution >= 4 is 23.2 Å². The fourth-order valence-electron chi connectivity index (χ4n) is 2.81. The van der Waals surface area contributed by atoms with Crippen molar-refractivity contribution in [1.29, 1.82) is 0 Å². The van der Waals surface area contributed by atoms with Crippen LogP contribution in [0.25, 0.3) is 5.70 Å². The molecule has 1 aliphatic rings. The summed E-state index contributed by atoms with van der Waals surface area (Å²) in [6.45, 7) is 0. The second-order valence-electron chi connectivity index (χ2n) is 5.43. The van der Waals surface area contributed by atoms with E-state index in [0.29, 0.717) is 11.0 Å². The van der Waals surface area contributed by atoms with Gasteiger partial charge in [-0.15, -0.1) is 0 Å². The zero-order chi connectivity index (χ0) is 16.5. The molecule has 2 heterocycles. The first-order valence-corrected chi connectivity index (χ1v) is 7.91. The quantitative estimate of drug-likeness (QED) is 0.784. The summed E-state index contributed by atoms with van der Waals surface area (Å²) in [5.41, 5.74) is 2.99. The number of methoxy groups -OCH3 is 1. The van der Waals surface area contributed by atoms with Gasteiger partial charge < -0.3 is 10.1 Å². The van der Waals surface area contributed by atoms with Gasteiger partial charge in [-0.1, -0.05) is 29.8 Å². The lowest BCUT2D eigenvalue weighted by Gasteiger charge is -2.25. The monoisotopic (exact) mass is 338 g/mol. The second-order valence-corrected chi connectivity index (χ2v) is 5.84. The van der Waals surface area contributed by atoms with Crippen LogP contribution in [0.3, 0.4) is 0 Å². The smallest absolute Gasteiger partial charge is 0.226 e. The van der Waals surface area contributed by atoms with Crippen LogP contribution in [0.1, 0.15) is 17.2 Å². The Morgan fingerprint density at radius 3 is 2.67 bits per heavy atom. The number of ether oxygens (including phenoxy) is 1. The van der Waals surface area contributed by atoms with Gasteiger partial charge >= 0.3 is 0 Å². The first kappa shape index (κ1) is 14.8. The Morgan fingerprint density at radius 1 is 1.12 bits per heavy atom. The van der Waals surface area contributed by atoms with Gasteiger partial charge in [0.15, 0.2) is 0 Å². The van der Waals surface area contributed by atoms with E-state index in [0.717, 1.165) is 22.6 Å². The molecular weight excluding hydrogens is 324 g/mol. The molecule has 4 rings (SSSR count). The molecule has 24 heavy (non-hydrogen) atoms. The summed E-state index contributed by atoms with van der Waals surface area (Å²) in [4.78, 5) is 4.30. The van der Waals surface area contributed by atoms with Crippen molar-refractivity contribution < 1.29 is 4.74 Å². The van der Waals surface area contributed by atoms with Crippen LogP contribution in [0.5, 0.6) is 5.75 Å². The molecule has 0 saturated carbocycles. The predicted octanol–water partition coefficient (Wildman–Crippen LogP) is 4.00. The lowest BCUT2D eigenvalue weighted by atomic mass is 10.0. The fourth-order valence-corrected chi connectivity index (χ4v) is 3.06. The highest BCUT2D eigenvalue weighted by molar-refractivity contribution is 6.31. The van der Waals surface area contributed by atoms with Gasteiger partial charge in [-0.05, 0) is 47.5 Å². The number of hydrogen-bond donors (Lipinski definition) is 1. The minimum Gasteiger partial charge on any atom is -0.497 e. The van der Waals surface area contributed by atoms with Gasteiger partial charge in [-0.3, -0.25) is 0 Å². The molecule has 0 saturated heterocycles. The number of rotatable bonds is 3. The number of nitrogens with one attached hydrogen (secondary N) is 1. The summed E-state index contributed by atoms with van der Waals surface area (Å²) in [5, 5.41) is 8.35. The van der Waals surface area contributed by atoms with E-state index in [9.17, 15) is 0 Å². The van der Waals surface area contributed by atoms with Crippen molar-refractivity contribution in [3.63, 3.8) is 0 Å². The lowest BCUT2D eigenvalue weighted by Crippen LogP contribution is -2.20. The van der Waals surface area contributed by atoms with Crippen molar-refractivity contribution in [2.75, 3.05) is 12.4 Å². The van der Waals surface area contributed by atoms with Gasteiger partial charge in [0.05, 0.1) is 7.11 Å². The largest absolute Gasteiger partial charge is 0.497 e. The second kappa shape index (κ2) is 6.02. The maximum atomic E-state index is 6.40. The highest BCUT2D eigenvalue weighted by Gasteiger charge is 2.24. The first-order valence-electron chi connectivity index (χ1n) is 7.53. The topological polar surface area (TPSA) is 52.0 Å². The number of aromatic nitrogens is 3. The molecule has 120 valence electrons. The van der Waals surface area contributed by atoms with E-state index < -0.39 is 0 Å². The summed E-state index contributed by atoms with van der Waals surface area (Å²) in [7, 11) is 1.66. The van der Waals surface area contributed by atoms with E-state index in [2.05, 4.69) is 21.5 Å². The van der Waals surface area contributed by atoms with E-state index in [1.807, 2.05) is 53.2 Å². The Morgan fingerprint density at radius 2 is 1.92 bits per heavy atom. The number of hydrogen-bond acceptors (Lipinski definition) is 4. The Bertz CT molecular complexity index is 901. The average Bonchev–Trinajstić information content (AvgIpc) is 3.10. The van der Waals surface area contributed by atoms with Crippen LogP contribution in [0.15, 0.2) is 60.9 Å². The molecule has 1 aromatic heterocycles. The Labute approximate surface area is 144 Å². The SMILES string of the molecule is COc1ccc(C2=CC(c3ccccc3Cl)n3ncnc3N2)cc1. The van der Waals surface area contributed by atoms with Gasteiger partial charge in [-0.25, -0.2) is 4.68 Å². The molecule has 1 aliphatic heterocycles. The van der Waals surface area contributed by atoms with Crippen LogP contribution in [-0.4, -0.2) is 21.9 Å². The zero-order valence-electron chi connectivity index (χ0n) is 13.0. The van der Waals surface area contributed by atoms with Crippen LogP contribution in [0, 0.1) is 0 Å². The van der Waals surface area contributed by atoms with Crippen LogP contribution in [0.4, 0.5) is 5.95 Å². The van der Waals surface area contributed by atoms with E-state index in [-0.39, 0.29) is 6.04 Å². The zero-order valence-corrected chi connectivity index (χ0v) is 13.7. The Balaban J connectivity index is 1.80. The highest BCUT2D eigenvalue weighted by Crippen LogP contribution is 2.35. The van der Waals surface area contributed by atoms with Gasteiger partial charge in [0, 0.05) is 10.7 Å². The summed E-state index contributed by atoms with van der Waals surface area (Å²) in [5.74, 6) is 1.51. The minimum atomic E-state index is -0.116. The third-order valence-corrected chi connectivity index (χ3v) is 4.38. The van der Waals surface area contributed by atoms with Gasteiger partial charge in [0.2, 0.25) is 5.95 Å². The molecule has 1 N–H and O–H groups in total. The molecule has 1 unspecified atom stereocenters. The molecule has 0 fully saturated rings. The molecule has 0 bridgehead atoms. The summed E-state index contributed by atoms with van der Waals surface area (Å²) < 4.78 is 7.05. The predicted molar refractivity (Wildman–Crippen MR) is 94.2 cm³/mol. The van der Waals surface area contributed by atoms with E-state index in [4.69, 9.17) is 16.3 Å². The van der Waals surface area contributed by atoms with Crippen molar-refractivity contribution in [3.8, 4) is 5.75 Å². The molecule has 3 aromatic rings. The molecule has 0 amide bonds. The maximum Gasteiger partial charge on any atom is 0.226 e. The van der Waals surface area contributed by atoms with Gasteiger partial charge in [0.25, 0.3) is 0 Å². The maximum absolute atomic E-state index is 6.40. The first-order chi connectivity index (χ1) is 11.8. The fraction of sp³-hybridized carbons (Fsp3) is 0.111. The molecular formula is C18H15ClN4O. The molecule has 6 heteroatoms. The average molecular weight is 339 g/mol. The van der Waals surface area contributed by atoms with Crippen LogP contribution >= 0.6 is 11.6 Å². The highest BCUT2D eigenvalue weighted by atomic mass is 35.5. The normalized spacial score (nSPS) is 16.1. The van der Waals surface area contributed by atoms with Crippen molar-refractivity contribution in [2.24, 2.45) is 0 Å². The molecule has 1 atom stereocenters. The molecule has 2 aromatic carbocycles. The number of anilines is 1. The Kier molecular flexibility index (Phi) is 3.70. The third kappa shape index (κ3) is 2.53. The standard InChI is InChI=1S/C18H15ClN4O/c1-24-13-8-6-12(7-9-13)16-10-17(14-4-2-3-5-15(14)19)23-18(22-16)20-11-21-23/h2-11,17H,1H3,(H,20,21,22). The molecule has 0 aliphatic carbocycles. The minimum absolute atomic E-state index is 0.116. The van der Waals surface area contributed by atoms with E-state index >= 15 is 0 Å². The Hall–Kier alpha value is -2.79. The number of halogens is 1. The van der Waals surface area contributed by atoms with Crippen molar-refractivity contribution in [3.05, 3.63) is 77.1 Å². The third-order valence-electron chi connectivity index (χ3n) is 4.03. The van der Waals surface area contributed by atoms with Crippen LogP contribution < -0.4 is 10.1 Å². The van der Waals surface area contributed by atoms with Gasteiger partial charge in [-0.2, -0.15) is 10.1 Å². The molecule has 0 spiro atoms. The molecule has 0 radical (unpaired) electrons. The van der Waals surface area contributed by atoms with Gasteiger partial charge in [0.1, 0.15) is 18.1 Å². The van der Waals surface area contributed by atoms with Crippen LogP contribution in [0.2, 0.25) is 5.02 Å². The van der Waals surface area contributed by atoms with E-state index in [1.165, 1.54) is 6.33 Å². The summed E-state index contributed by atoms with van der Waals surface area (Å²) >= 11 is 6.40.